The number of carbonyl (C=O) groups is 1. The van der Waals surface area contributed by atoms with Gasteiger partial charge >= 0.3 is 0 Å². The number of sulfonamides is 1. The molecule has 0 radical (unpaired) electrons. The summed E-state index contributed by atoms with van der Waals surface area (Å²) in [5.41, 5.74) is 1.04. The molecule has 1 N–H and O–H groups in total. The second-order valence-corrected chi connectivity index (χ2v) is 9.72. The van der Waals surface area contributed by atoms with E-state index in [1.54, 1.807) is 36.4 Å². The molecule has 1 fully saturated rings. The smallest absolute Gasteiger partial charge is 0.271 e. The molecule has 7 heteroatoms. The third-order valence-electron chi connectivity index (χ3n) is 4.44. The summed E-state index contributed by atoms with van der Waals surface area (Å²) in [4.78, 5) is 15.3. The molecule has 0 aliphatic carbocycles. The number of hydrogen-bond acceptors (Lipinski definition) is 4. The molecule has 1 aromatic carbocycles. The Balaban J connectivity index is 1.69. The zero-order valence-electron chi connectivity index (χ0n) is 14.4. The van der Waals surface area contributed by atoms with Crippen LogP contribution in [0.5, 0.6) is 0 Å². The lowest BCUT2D eigenvalue weighted by atomic mass is 9.98. The molecule has 1 aromatic heterocycles. The third-order valence-corrected chi connectivity index (χ3v) is 7.31. The number of nitrogens with zero attached hydrogens (tertiary/aromatic N) is 1. The van der Waals surface area contributed by atoms with Crippen LogP contribution in [-0.4, -0.2) is 32.3 Å². The standard InChI is InChI=1S/C18H22N2O3S2/c1-13-9-11-20(12-10-13)18(21)15-4-6-16(7-5-15)19-25(22,23)17-8-3-14(2)24-17/h3-8,13,19H,9-12H2,1-2H3. The number of aryl methyl sites for hydroxylation is 1. The summed E-state index contributed by atoms with van der Waals surface area (Å²) in [5.74, 6) is 0.678. The summed E-state index contributed by atoms with van der Waals surface area (Å²) < 4.78 is 27.5. The van der Waals surface area contributed by atoms with Crippen molar-refractivity contribution in [3.05, 3.63) is 46.8 Å². The minimum Gasteiger partial charge on any atom is -0.339 e. The van der Waals surface area contributed by atoms with Crippen molar-refractivity contribution in [3.8, 4) is 0 Å². The van der Waals surface area contributed by atoms with Crippen molar-refractivity contribution in [1.29, 1.82) is 0 Å². The van der Waals surface area contributed by atoms with E-state index < -0.39 is 10.0 Å². The van der Waals surface area contributed by atoms with Crippen molar-refractivity contribution in [2.45, 2.75) is 30.9 Å². The first-order chi connectivity index (χ1) is 11.8. The van der Waals surface area contributed by atoms with Gasteiger partial charge in [0.2, 0.25) is 0 Å². The van der Waals surface area contributed by atoms with Crippen molar-refractivity contribution in [3.63, 3.8) is 0 Å². The van der Waals surface area contributed by atoms with E-state index in [0.717, 1.165) is 30.8 Å². The van der Waals surface area contributed by atoms with Gasteiger partial charge < -0.3 is 4.90 Å². The lowest BCUT2D eigenvalue weighted by molar-refractivity contribution is 0.0697. The number of thiophene rings is 1. The molecule has 1 saturated heterocycles. The largest absolute Gasteiger partial charge is 0.339 e. The molecule has 1 amide bonds. The van der Waals surface area contributed by atoms with Crippen molar-refractivity contribution in [2.24, 2.45) is 5.92 Å². The Morgan fingerprint density at radius 1 is 1.12 bits per heavy atom. The molecule has 2 heterocycles. The fourth-order valence-electron chi connectivity index (χ4n) is 2.84. The summed E-state index contributed by atoms with van der Waals surface area (Å²) in [7, 11) is -3.58. The van der Waals surface area contributed by atoms with Crippen LogP contribution in [0.15, 0.2) is 40.6 Å². The van der Waals surface area contributed by atoms with E-state index in [1.807, 2.05) is 11.8 Å². The number of benzene rings is 1. The quantitative estimate of drug-likeness (QED) is 0.881. The van der Waals surface area contributed by atoms with Gasteiger partial charge in [-0.25, -0.2) is 8.42 Å². The average Bonchev–Trinajstić information content (AvgIpc) is 3.03. The first-order valence-corrected chi connectivity index (χ1v) is 10.6. The highest BCUT2D eigenvalue weighted by molar-refractivity contribution is 7.94. The summed E-state index contributed by atoms with van der Waals surface area (Å²) in [5, 5.41) is 0. The lowest BCUT2D eigenvalue weighted by Gasteiger charge is -2.30. The van der Waals surface area contributed by atoms with Crippen molar-refractivity contribution in [2.75, 3.05) is 17.8 Å². The van der Waals surface area contributed by atoms with Crippen LogP contribution < -0.4 is 4.72 Å². The van der Waals surface area contributed by atoms with Crippen LogP contribution in [0, 0.1) is 12.8 Å². The highest BCUT2D eigenvalue weighted by Crippen LogP contribution is 2.24. The number of anilines is 1. The predicted molar refractivity (Wildman–Crippen MR) is 101 cm³/mol. The van der Waals surface area contributed by atoms with E-state index in [1.165, 1.54) is 11.3 Å². The van der Waals surface area contributed by atoms with Crippen LogP contribution in [0.4, 0.5) is 5.69 Å². The Morgan fingerprint density at radius 3 is 2.32 bits per heavy atom. The minimum absolute atomic E-state index is 0.00943. The van der Waals surface area contributed by atoms with Crippen molar-refractivity contribution >= 4 is 33.0 Å². The van der Waals surface area contributed by atoms with Gasteiger partial charge in [-0.1, -0.05) is 6.92 Å². The molecule has 3 rings (SSSR count). The molecule has 2 aromatic rings. The number of hydrogen-bond donors (Lipinski definition) is 1. The number of piperidine rings is 1. The third kappa shape index (κ3) is 4.22. The van der Waals surface area contributed by atoms with Gasteiger partial charge in [0.05, 0.1) is 0 Å². The zero-order chi connectivity index (χ0) is 18.0. The van der Waals surface area contributed by atoms with Crippen LogP contribution in [0.25, 0.3) is 0 Å². The van der Waals surface area contributed by atoms with Crippen molar-refractivity contribution < 1.29 is 13.2 Å². The van der Waals surface area contributed by atoms with Crippen molar-refractivity contribution in [1.82, 2.24) is 4.90 Å². The summed E-state index contributed by atoms with van der Waals surface area (Å²) in [6, 6.07) is 10.0. The Kier molecular flexibility index (Phi) is 5.15. The van der Waals surface area contributed by atoms with Gasteiger partial charge in [0.15, 0.2) is 0 Å². The maximum Gasteiger partial charge on any atom is 0.271 e. The molecule has 0 atom stereocenters. The summed E-state index contributed by atoms with van der Waals surface area (Å²) in [6.07, 6.45) is 2.06. The van der Waals surface area contributed by atoms with E-state index >= 15 is 0 Å². The van der Waals surface area contributed by atoms with E-state index in [4.69, 9.17) is 0 Å². The zero-order valence-corrected chi connectivity index (χ0v) is 16.0. The number of likely N-dealkylation sites (tertiary alicyclic amines) is 1. The van der Waals surface area contributed by atoms with E-state index in [0.29, 0.717) is 17.2 Å². The van der Waals surface area contributed by atoms with Crippen LogP contribution in [0.3, 0.4) is 0 Å². The maximum atomic E-state index is 12.5. The summed E-state index contributed by atoms with van der Waals surface area (Å²) in [6.45, 7) is 5.64. The molecule has 0 bridgehead atoms. The van der Waals surface area contributed by atoms with E-state index in [2.05, 4.69) is 11.6 Å². The molecule has 134 valence electrons. The molecule has 25 heavy (non-hydrogen) atoms. The second-order valence-electron chi connectivity index (χ2n) is 6.52. The predicted octanol–water partition coefficient (Wildman–Crippen LogP) is 3.73. The van der Waals surface area contributed by atoms with Gasteiger partial charge in [0.1, 0.15) is 4.21 Å². The van der Waals surface area contributed by atoms with Gasteiger partial charge in [-0.05, 0) is 62.1 Å². The first-order valence-electron chi connectivity index (χ1n) is 8.34. The Hall–Kier alpha value is -1.86. The fraction of sp³-hybridized carbons (Fsp3) is 0.389. The minimum atomic E-state index is -3.58. The average molecular weight is 379 g/mol. The van der Waals surface area contributed by atoms with Gasteiger partial charge in [-0.15, -0.1) is 11.3 Å². The highest BCUT2D eigenvalue weighted by atomic mass is 32.2. The van der Waals surface area contributed by atoms with Crippen LogP contribution in [-0.2, 0) is 10.0 Å². The molecule has 0 unspecified atom stereocenters. The highest BCUT2D eigenvalue weighted by Gasteiger charge is 2.22. The molecular weight excluding hydrogens is 356 g/mol. The fourth-order valence-corrected chi connectivity index (χ4v) is 5.18. The molecule has 1 aliphatic rings. The second kappa shape index (κ2) is 7.17. The van der Waals surface area contributed by atoms with Crippen LogP contribution >= 0.6 is 11.3 Å². The SMILES string of the molecule is Cc1ccc(S(=O)(=O)Nc2ccc(C(=O)N3CCC(C)CC3)cc2)s1. The number of nitrogens with one attached hydrogen (secondary N) is 1. The molecule has 0 saturated carbocycles. The van der Waals surface area contributed by atoms with Crippen LogP contribution in [0.2, 0.25) is 0 Å². The Labute approximate surface area is 152 Å². The first kappa shape index (κ1) is 17.9. The Morgan fingerprint density at radius 2 is 1.76 bits per heavy atom. The maximum absolute atomic E-state index is 12.5. The monoisotopic (exact) mass is 378 g/mol. The Bertz CT molecular complexity index is 849. The normalized spacial score (nSPS) is 16.0. The number of amides is 1. The van der Waals surface area contributed by atoms with Gasteiger partial charge in [-0.3, -0.25) is 9.52 Å². The molecular formula is C18H22N2O3S2. The van der Waals surface area contributed by atoms with Gasteiger partial charge in [0.25, 0.3) is 15.9 Å². The van der Waals surface area contributed by atoms with Crippen LogP contribution in [0.1, 0.15) is 35.0 Å². The van der Waals surface area contributed by atoms with Gasteiger partial charge in [0, 0.05) is 29.2 Å². The van der Waals surface area contributed by atoms with E-state index in [-0.39, 0.29) is 10.1 Å². The number of rotatable bonds is 4. The number of carbonyl (C=O) groups excluding carboxylic acids is 1. The topological polar surface area (TPSA) is 66.5 Å². The van der Waals surface area contributed by atoms with E-state index in [9.17, 15) is 13.2 Å². The lowest BCUT2D eigenvalue weighted by Crippen LogP contribution is -2.37. The summed E-state index contributed by atoms with van der Waals surface area (Å²) >= 11 is 1.23. The molecule has 5 nitrogen and oxygen atoms in total. The molecule has 0 spiro atoms. The van der Waals surface area contributed by atoms with Gasteiger partial charge in [-0.2, -0.15) is 0 Å². The molecule has 1 aliphatic heterocycles.